The molecule has 5 atom stereocenters. The van der Waals surface area contributed by atoms with E-state index in [0.717, 1.165) is 18.6 Å². The van der Waals surface area contributed by atoms with Crippen LogP contribution in [-0.2, 0) is 9.47 Å². The van der Waals surface area contributed by atoms with Gasteiger partial charge in [0.05, 0.1) is 0 Å². The Labute approximate surface area is 180 Å². The van der Waals surface area contributed by atoms with E-state index in [2.05, 4.69) is 57.2 Å². The van der Waals surface area contributed by atoms with Gasteiger partial charge in [0.25, 0.3) is 0 Å². The van der Waals surface area contributed by atoms with Gasteiger partial charge in [0.2, 0.25) is 5.79 Å². The molecule has 158 valence electrons. The molecular formula is C27H32O3. The van der Waals surface area contributed by atoms with Gasteiger partial charge in [-0.3, -0.25) is 0 Å². The van der Waals surface area contributed by atoms with Crippen LogP contribution in [0.1, 0.15) is 52.0 Å². The Morgan fingerprint density at radius 3 is 2.37 bits per heavy atom. The molecule has 2 fully saturated rings. The highest BCUT2D eigenvalue weighted by molar-refractivity contribution is 5.70. The maximum absolute atomic E-state index is 7.00. The highest BCUT2D eigenvalue weighted by atomic mass is 16.8. The van der Waals surface area contributed by atoms with E-state index in [1.54, 1.807) is 0 Å². The lowest BCUT2D eigenvalue weighted by atomic mass is 9.73. The molecule has 1 heterocycles. The molecule has 2 aromatic rings. The molecule has 0 aromatic heterocycles. The molecule has 1 aliphatic heterocycles. The van der Waals surface area contributed by atoms with Crippen molar-refractivity contribution in [3.05, 3.63) is 72.3 Å². The van der Waals surface area contributed by atoms with Crippen LogP contribution < -0.4 is 4.74 Å². The Hall–Kier alpha value is -2.10. The summed E-state index contributed by atoms with van der Waals surface area (Å²) in [5.41, 5.74) is 2.44. The van der Waals surface area contributed by atoms with Crippen molar-refractivity contribution in [1.29, 1.82) is 0 Å². The van der Waals surface area contributed by atoms with Crippen LogP contribution in [0.3, 0.4) is 0 Å². The Bertz CT molecular complexity index is 906. The number of benzene rings is 2. The molecule has 5 rings (SSSR count). The first kappa shape index (κ1) is 19.8. The van der Waals surface area contributed by atoms with Crippen LogP contribution >= 0.6 is 0 Å². The maximum Gasteiger partial charge on any atom is 0.247 e. The van der Waals surface area contributed by atoms with Crippen molar-refractivity contribution in [3.8, 4) is 5.75 Å². The van der Waals surface area contributed by atoms with Crippen LogP contribution in [0.2, 0.25) is 0 Å². The highest BCUT2D eigenvalue weighted by Crippen LogP contribution is 2.56. The minimum absolute atomic E-state index is 0.209. The molecule has 3 nitrogen and oxygen atoms in total. The fraction of sp³-hybridized carbons (Fsp3) is 0.481. The van der Waals surface area contributed by atoms with E-state index >= 15 is 0 Å². The number of hydrogen-bond donors (Lipinski definition) is 0. The van der Waals surface area contributed by atoms with Gasteiger partial charge in [-0.05, 0) is 47.6 Å². The molecule has 2 aliphatic carbocycles. The summed E-state index contributed by atoms with van der Waals surface area (Å²) < 4.78 is 20.5. The molecule has 3 aliphatic rings. The minimum Gasteiger partial charge on any atom is -0.459 e. The lowest BCUT2D eigenvalue weighted by Crippen LogP contribution is -2.49. The van der Waals surface area contributed by atoms with Gasteiger partial charge in [0, 0.05) is 18.8 Å². The summed E-state index contributed by atoms with van der Waals surface area (Å²) >= 11 is 0. The lowest BCUT2D eigenvalue weighted by molar-refractivity contribution is -0.280. The zero-order valence-electron chi connectivity index (χ0n) is 18.2. The average Bonchev–Trinajstić information content (AvgIpc) is 3.19. The fourth-order valence-electron chi connectivity index (χ4n) is 5.65. The van der Waals surface area contributed by atoms with E-state index in [9.17, 15) is 0 Å². The third-order valence-corrected chi connectivity index (χ3v) is 7.05. The third kappa shape index (κ3) is 3.38. The molecule has 2 aromatic carbocycles. The van der Waals surface area contributed by atoms with Gasteiger partial charge >= 0.3 is 0 Å². The number of para-hydroxylation sites is 1. The topological polar surface area (TPSA) is 27.7 Å². The van der Waals surface area contributed by atoms with Gasteiger partial charge in [0.15, 0.2) is 5.79 Å². The monoisotopic (exact) mass is 404 g/mol. The predicted molar refractivity (Wildman–Crippen MR) is 119 cm³/mol. The Morgan fingerprint density at radius 2 is 1.67 bits per heavy atom. The van der Waals surface area contributed by atoms with Gasteiger partial charge in [-0.15, -0.1) is 0 Å². The van der Waals surface area contributed by atoms with Crippen LogP contribution in [-0.4, -0.2) is 17.7 Å². The molecule has 0 amide bonds. The van der Waals surface area contributed by atoms with Crippen LogP contribution in [0.5, 0.6) is 5.75 Å². The number of hydrogen-bond acceptors (Lipinski definition) is 3. The zero-order valence-corrected chi connectivity index (χ0v) is 18.2. The molecule has 0 N–H and O–H groups in total. The predicted octanol–water partition coefficient (Wildman–Crippen LogP) is 6.45. The maximum atomic E-state index is 7.00. The van der Waals surface area contributed by atoms with Crippen molar-refractivity contribution in [2.24, 2.45) is 17.8 Å². The highest BCUT2D eigenvalue weighted by Gasteiger charge is 2.64. The standard InChI is InChI=1S/C27H32O3/c1-19(2)24-15-14-20(3)17-26(24)29-25-16-22(21-10-6-4-7-11-21)18-27(25,30-26)28-23-12-8-5-9-13-23/h4-13,16,19-20,24-25H,14-15,17-18H2,1-3H3/t20-,24+,25+,26+,27-/m1/s1. The van der Waals surface area contributed by atoms with Crippen molar-refractivity contribution >= 4 is 5.57 Å². The molecule has 1 saturated carbocycles. The van der Waals surface area contributed by atoms with Gasteiger partial charge in [-0.2, -0.15) is 0 Å². The van der Waals surface area contributed by atoms with Gasteiger partial charge in [-0.1, -0.05) is 75.7 Å². The lowest BCUT2D eigenvalue weighted by Gasteiger charge is -2.45. The van der Waals surface area contributed by atoms with Crippen LogP contribution in [0.25, 0.3) is 5.57 Å². The van der Waals surface area contributed by atoms with Crippen molar-refractivity contribution in [3.63, 3.8) is 0 Å². The Morgan fingerprint density at radius 1 is 0.967 bits per heavy atom. The second kappa shape index (κ2) is 7.55. The smallest absolute Gasteiger partial charge is 0.247 e. The molecule has 0 bridgehead atoms. The van der Waals surface area contributed by atoms with Crippen molar-refractivity contribution < 1.29 is 14.2 Å². The Kier molecular flexibility index (Phi) is 4.99. The molecular weight excluding hydrogens is 372 g/mol. The number of fused-ring (bicyclic) bond motifs is 1. The number of rotatable bonds is 4. The SMILES string of the molecule is CC(C)[C@@H]1CC[C@@H](C)C[C@@]12O[C@H]1C=C(c3ccccc3)C[C@@]1(Oc1ccccc1)O2. The normalized spacial score (nSPS) is 35.5. The van der Waals surface area contributed by atoms with E-state index in [0.29, 0.717) is 24.2 Å². The van der Waals surface area contributed by atoms with E-state index in [4.69, 9.17) is 14.2 Å². The van der Waals surface area contributed by atoms with E-state index in [1.807, 2.05) is 30.3 Å². The van der Waals surface area contributed by atoms with Crippen LogP contribution in [0.15, 0.2) is 66.7 Å². The summed E-state index contributed by atoms with van der Waals surface area (Å²) in [7, 11) is 0. The van der Waals surface area contributed by atoms with Gasteiger partial charge in [0.1, 0.15) is 11.9 Å². The summed E-state index contributed by atoms with van der Waals surface area (Å²) in [4.78, 5) is 0. The fourth-order valence-corrected chi connectivity index (χ4v) is 5.65. The second-order valence-corrected chi connectivity index (χ2v) is 9.65. The first-order valence-corrected chi connectivity index (χ1v) is 11.4. The van der Waals surface area contributed by atoms with E-state index in [1.165, 1.54) is 17.6 Å². The summed E-state index contributed by atoms with van der Waals surface area (Å²) in [6, 6.07) is 20.5. The zero-order chi connectivity index (χ0) is 20.8. The van der Waals surface area contributed by atoms with E-state index in [-0.39, 0.29) is 6.10 Å². The average molecular weight is 405 g/mol. The molecule has 30 heavy (non-hydrogen) atoms. The summed E-state index contributed by atoms with van der Waals surface area (Å²) in [5, 5.41) is 0. The molecule has 0 unspecified atom stereocenters. The van der Waals surface area contributed by atoms with Gasteiger partial charge < -0.3 is 14.2 Å². The summed E-state index contributed by atoms with van der Waals surface area (Å²) in [6.45, 7) is 6.90. The first-order chi connectivity index (χ1) is 14.5. The second-order valence-electron chi connectivity index (χ2n) is 9.65. The summed E-state index contributed by atoms with van der Waals surface area (Å²) in [6.07, 6.45) is 6.03. The third-order valence-electron chi connectivity index (χ3n) is 7.05. The van der Waals surface area contributed by atoms with Crippen molar-refractivity contribution in [2.45, 2.75) is 64.1 Å². The van der Waals surface area contributed by atoms with Crippen LogP contribution in [0, 0.1) is 17.8 Å². The number of ether oxygens (including phenoxy) is 3. The quantitative estimate of drug-likeness (QED) is 0.586. The molecule has 1 saturated heterocycles. The van der Waals surface area contributed by atoms with E-state index < -0.39 is 11.6 Å². The molecule has 3 heteroatoms. The van der Waals surface area contributed by atoms with Crippen LogP contribution in [0.4, 0.5) is 0 Å². The Balaban J connectivity index is 1.53. The first-order valence-electron chi connectivity index (χ1n) is 11.4. The van der Waals surface area contributed by atoms with Gasteiger partial charge in [-0.25, -0.2) is 0 Å². The van der Waals surface area contributed by atoms with Crippen molar-refractivity contribution in [1.82, 2.24) is 0 Å². The minimum atomic E-state index is -0.809. The van der Waals surface area contributed by atoms with Crippen molar-refractivity contribution in [2.75, 3.05) is 0 Å². The molecule has 1 spiro atoms. The largest absolute Gasteiger partial charge is 0.459 e. The summed E-state index contributed by atoms with van der Waals surface area (Å²) in [5.74, 6) is 0.925. The molecule has 0 radical (unpaired) electrons.